The number of carbonyl (C=O) groups is 1. The quantitative estimate of drug-likeness (QED) is 0.913. The molecule has 0 aromatic heterocycles. The number of carbonyl (C=O) groups excluding carboxylic acids is 1. The van der Waals surface area contributed by atoms with Crippen LogP contribution in [0.5, 0.6) is 0 Å². The van der Waals surface area contributed by atoms with E-state index in [0.717, 1.165) is 39.1 Å². The number of amides is 1. The summed E-state index contributed by atoms with van der Waals surface area (Å²) in [7, 11) is 0. The van der Waals surface area contributed by atoms with Crippen LogP contribution in [0.2, 0.25) is 0 Å². The summed E-state index contributed by atoms with van der Waals surface area (Å²) >= 11 is 0. The molecular formula is C17H24N2O2. The number of aliphatic hydroxyl groups excluding tert-OH is 1. The minimum Gasteiger partial charge on any atom is -0.396 e. The molecule has 4 heteroatoms. The Labute approximate surface area is 126 Å². The van der Waals surface area contributed by atoms with Gasteiger partial charge in [-0.25, -0.2) is 0 Å². The molecule has 0 unspecified atom stereocenters. The van der Waals surface area contributed by atoms with Gasteiger partial charge in [-0.05, 0) is 17.9 Å². The lowest BCUT2D eigenvalue weighted by atomic mass is 9.73. The molecule has 0 aliphatic carbocycles. The molecule has 1 amide bonds. The van der Waals surface area contributed by atoms with Gasteiger partial charge in [0.15, 0.2) is 0 Å². The van der Waals surface area contributed by atoms with Crippen LogP contribution in [-0.2, 0) is 11.3 Å². The van der Waals surface area contributed by atoms with E-state index in [-0.39, 0.29) is 17.9 Å². The Kier molecular flexibility index (Phi) is 4.00. The van der Waals surface area contributed by atoms with Crippen LogP contribution in [0.15, 0.2) is 30.3 Å². The Bertz CT molecular complexity index is 505. The molecule has 0 radical (unpaired) electrons. The van der Waals surface area contributed by atoms with Crippen LogP contribution in [0, 0.1) is 11.3 Å². The Morgan fingerprint density at radius 1 is 1.33 bits per heavy atom. The van der Waals surface area contributed by atoms with Gasteiger partial charge in [-0.3, -0.25) is 9.69 Å². The van der Waals surface area contributed by atoms with Gasteiger partial charge in [-0.2, -0.15) is 0 Å². The fourth-order valence-electron chi connectivity index (χ4n) is 3.90. The zero-order valence-electron chi connectivity index (χ0n) is 12.7. The number of piperidine rings is 1. The molecule has 4 nitrogen and oxygen atoms in total. The molecule has 2 aliphatic rings. The molecule has 1 aromatic rings. The van der Waals surface area contributed by atoms with Gasteiger partial charge in [0, 0.05) is 45.1 Å². The van der Waals surface area contributed by atoms with Crippen molar-refractivity contribution in [1.29, 1.82) is 0 Å². The second-order valence-electron chi connectivity index (χ2n) is 6.59. The minimum absolute atomic E-state index is 0.0132. The zero-order chi connectivity index (χ0) is 14.9. The second-order valence-corrected chi connectivity index (χ2v) is 6.59. The summed E-state index contributed by atoms with van der Waals surface area (Å²) in [6.07, 6.45) is 0.916. The lowest BCUT2D eigenvalue weighted by Gasteiger charge is -2.42. The highest BCUT2D eigenvalue weighted by atomic mass is 16.3. The number of hydrogen-bond acceptors (Lipinski definition) is 3. The summed E-state index contributed by atoms with van der Waals surface area (Å²) in [6, 6.07) is 10.5. The van der Waals surface area contributed by atoms with E-state index in [2.05, 4.69) is 29.2 Å². The van der Waals surface area contributed by atoms with Gasteiger partial charge in [0.05, 0.1) is 6.61 Å². The first kappa shape index (κ1) is 14.5. The fraction of sp³-hybridized carbons (Fsp3) is 0.588. The topological polar surface area (TPSA) is 43.8 Å². The third kappa shape index (κ3) is 2.83. The van der Waals surface area contributed by atoms with E-state index in [1.165, 1.54) is 5.56 Å². The van der Waals surface area contributed by atoms with Crippen molar-refractivity contribution in [2.75, 3.05) is 32.8 Å². The van der Waals surface area contributed by atoms with Gasteiger partial charge in [0.1, 0.15) is 0 Å². The van der Waals surface area contributed by atoms with Gasteiger partial charge in [0.25, 0.3) is 0 Å². The average molecular weight is 288 g/mol. The minimum atomic E-state index is -0.0132. The molecule has 3 rings (SSSR count). The van der Waals surface area contributed by atoms with Crippen LogP contribution in [0.1, 0.15) is 18.9 Å². The number of likely N-dealkylation sites (tertiary alicyclic amines) is 2. The number of fused-ring (bicyclic) bond motifs is 1. The van der Waals surface area contributed by atoms with Crippen molar-refractivity contribution in [2.45, 2.75) is 19.9 Å². The van der Waals surface area contributed by atoms with Crippen LogP contribution in [-0.4, -0.2) is 53.6 Å². The molecule has 2 heterocycles. The van der Waals surface area contributed by atoms with Crippen molar-refractivity contribution in [3.8, 4) is 0 Å². The maximum absolute atomic E-state index is 11.6. The van der Waals surface area contributed by atoms with Crippen LogP contribution in [0.3, 0.4) is 0 Å². The molecule has 2 aliphatic heterocycles. The van der Waals surface area contributed by atoms with Gasteiger partial charge in [-0.1, -0.05) is 30.3 Å². The third-order valence-corrected chi connectivity index (χ3v) is 5.21. The number of nitrogens with zero attached hydrogens (tertiary/aromatic N) is 2. The number of benzene rings is 1. The highest BCUT2D eigenvalue weighted by molar-refractivity contribution is 5.73. The first-order valence-corrected chi connectivity index (χ1v) is 7.76. The highest BCUT2D eigenvalue weighted by Crippen LogP contribution is 2.42. The smallest absolute Gasteiger partial charge is 0.219 e. The molecule has 1 N–H and O–H groups in total. The standard InChI is InChI=1S/C17H24N2O2/c1-14(21)19-8-7-17(13-20)12-18(10-16(17)11-19)9-15-5-3-2-4-6-15/h2-6,16,20H,7-13H2,1H3/t16-,17-/m0/s1. The van der Waals surface area contributed by atoms with Crippen molar-refractivity contribution >= 4 is 5.91 Å². The molecule has 2 saturated heterocycles. The summed E-state index contributed by atoms with van der Waals surface area (Å²) in [6.45, 7) is 6.29. The van der Waals surface area contributed by atoms with Crippen molar-refractivity contribution in [3.63, 3.8) is 0 Å². The molecule has 2 fully saturated rings. The van der Waals surface area contributed by atoms with E-state index in [0.29, 0.717) is 5.92 Å². The summed E-state index contributed by atoms with van der Waals surface area (Å²) in [4.78, 5) is 16.0. The van der Waals surface area contributed by atoms with Crippen LogP contribution in [0.25, 0.3) is 0 Å². The van der Waals surface area contributed by atoms with E-state index >= 15 is 0 Å². The molecule has 21 heavy (non-hydrogen) atoms. The van der Waals surface area contributed by atoms with Gasteiger partial charge in [0.2, 0.25) is 5.91 Å². The predicted octanol–water partition coefficient (Wildman–Crippen LogP) is 1.35. The summed E-state index contributed by atoms with van der Waals surface area (Å²) in [5.41, 5.74) is 1.30. The molecule has 0 saturated carbocycles. The van der Waals surface area contributed by atoms with E-state index in [1.54, 1.807) is 6.92 Å². The highest BCUT2D eigenvalue weighted by Gasteiger charge is 2.49. The van der Waals surface area contributed by atoms with Crippen LogP contribution >= 0.6 is 0 Å². The largest absolute Gasteiger partial charge is 0.396 e. The van der Waals surface area contributed by atoms with Crippen LogP contribution in [0.4, 0.5) is 0 Å². The molecule has 2 atom stereocenters. The Morgan fingerprint density at radius 3 is 2.76 bits per heavy atom. The van der Waals surface area contributed by atoms with E-state index in [9.17, 15) is 9.90 Å². The normalized spacial score (nSPS) is 29.4. The summed E-state index contributed by atoms with van der Waals surface area (Å²) in [5, 5.41) is 9.93. The van der Waals surface area contributed by atoms with E-state index in [4.69, 9.17) is 0 Å². The number of aliphatic hydroxyl groups is 1. The molecule has 0 spiro atoms. The zero-order valence-corrected chi connectivity index (χ0v) is 12.7. The van der Waals surface area contributed by atoms with Crippen molar-refractivity contribution in [2.24, 2.45) is 11.3 Å². The molecule has 0 bridgehead atoms. The van der Waals surface area contributed by atoms with Gasteiger partial charge in [-0.15, -0.1) is 0 Å². The first-order valence-electron chi connectivity index (χ1n) is 7.76. The summed E-state index contributed by atoms with van der Waals surface area (Å²) in [5.74, 6) is 0.548. The van der Waals surface area contributed by atoms with Crippen molar-refractivity contribution < 1.29 is 9.90 Å². The third-order valence-electron chi connectivity index (χ3n) is 5.21. The molecular weight excluding hydrogens is 264 g/mol. The lowest BCUT2D eigenvalue weighted by molar-refractivity contribution is -0.133. The Balaban J connectivity index is 1.70. The van der Waals surface area contributed by atoms with Gasteiger partial charge >= 0.3 is 0 Å². The average Bonchev–Trinajstić information content (AvgIpc) is 2.85. The monoisotopic (exact) mass is 288 g/mol. The van der Waals surface area contributed by atoms with Crippen molar-refractivity contribution in [3.05, 3.63) is 35.9 Å². The Hall–Kier alpha value is -1.39. The number of rotatable bonds is 3. The fourth-order valence-corrected chi connectivity index (χ4v) is 3.90. The Morgan fingerprint density at radius 2 is 2.10 bits per heavy atom. The predicted molar refractivity (Wildman–Crippen MR) is 81.6 cm³/mol. The molecule has 114 valence electrons. The second kappa shape index (κ2) is 5.78. The van der Waals surface area contributed by atoms with Gasteiger partial charge < -0.3 is 10.0 Å². The van der Waals surface area contributed by atoms with Crippen LogP contribution < -0.4 is 0 Å². The number of hydrogen-bond donors (Lipinski definition) is 1. The van der Waals surface area contributed by atoms with Crippen molar-refractivity contribution in [1.82, 2.24) is 9.80 Å². The lowest BCUT2D eigenvalue weighted by Crippen LogP contribution is -2.50. The molecule has 1 aromatic carbocycles. The first-order chi connectivity index (χ1) is 10.1. The SMILES string of the molecule is CC(=O)N1CC[C@@]2(CO)CN(Cc3ccccc3)C[C@H]2C1. The maximum atomic E-state index is 11.6. The van der Waals surface area contributed by atoms with E-state index in [1.807, 2.05) is 11.0 Å². The van der Waals surface area contributed by atoms with E-state index < -0.39 is 0 Å². The summed E-state index contributed by atoms with van der Waals surface area (Å²) < 4.78 is 0. The maximum Gasteiger partial charge on any atom is 0.219 e.